The van der Waals surface area contributed by atoms with Gasteiger partial charge in [0.1, 0.15) is 6.17 Å². The fourth-order valence-electron chi connectivity index (χ4n) is 3.04. The van der Waals surface area contributed by atoms with Gasteiger partial charge in [-0.05, 0) is 29.3 Å². The van der Waals surface area contributed by atoms with Gasteiger partial charge in [-0.25, -0.2) is 24.4 Å². The van der Waals surface area contributed by atoms with Gasteiger partial charge in [0.15, 0.2) is 0 Å². The zero-order valence-electron chi connectivity index (χ0n) is 13.5. The molecule has 1 aliphatic heterocycles. The number of nitrogens with two attached hydrogens (primary N) is 2. The normalized spacial score (nSPS) is 15.6. The third-order valence-electron chi connectivity index (χ3n) is 4.17. The standard InChI is InChI=1S/C16H17N7O2S/c17-11-6-10-5-4-9(7-13(10)19-8-11)12-2-1-3-14(26(18,24)25)15(12)16-20-22-23-21-16/h1-8,16,20-23H,17H2,(H2,18,24,25). The van der Waals surface area contributed by atoms with Crippen LogP contribution in [0.2, 0.25) is 0 Å². The Morgan fingerprint density at radius 3 is 2.54 bits per heavy atom. The van der Waals surface area contributed by atoms with Gasteiger partial charge in [0, 0.05) is 10.9 Å². The van der Waals surface area contributed by atoms with Gasteiger partial charge in [-0.1, -0.05) is 24.3 Å². The lowest BCUT2D eigenvalue weighted by molar-refractivity contribution is 0.540. The van der Waals surface area contributed by atoms with Crippen LogP contribution in [0.4, 0.5) is 5.69 Å². The Morgan fingerprint density at radius 1 is 1.04 bits per heavy atom. The number of anilines is 1. The summed E-state index contributed by atoms with van der Waals surface area (Å²) in [6.45, 7) is 0. The Kier molecular flexibility index (Phi) is 4.07. The van der Waals surface area contributed by atoms with E-state index in [9.17, 15) is 8.42 Å². The molecule has 2 heterocycles. The second-order valence-corrected chi connectivity index (χ2v) is 7.44. The number of nitrogens with one attached hydrogen (secondary N) is 4. The minimum atomic E-state index is -3.92. The van der Waals surface area contributed by atoms with Gasteiger partial charge >= 0.3 is 0 Å². The molecule has 3 aromatic rings. The summed E-state index contributed by atoms with van der Waals surface area (Å²) in [5.74, 6) is 0. The molecule has 0 saturated carbocycles. The first-order chi connectivity index (χ1) is 12.4. The summed E-state index contributed by atoms with van der Waals surface area (Å²) in [4.78, 5) is 4.38. The van der Waals surface area contributed by atoms with Crippen molar-refractivity contribution in [2.75, 3.05) is 5.73 Å². The van der Waals surface area contributed by atoms with Crippen LogP contribution in [-0.4, -0.2) is 13.4 Å². The number of nitrogen functional groups attached to an aromatic ring is 1. The van der Waals surface area contributed by atoms with Gasteiger partial charge in [-0.3, -0.25) is 4.98 Å². The van der Waals surface area contributed by atoms with Gasteiger partial charge in [0.25, 0.3) is 0 Å². The predicted molar refractivity (Wildman–Crippen MR) is 98.2 cm³/mol. The number of aromatic nitrogens is 1. The highest BCUT2D eigenvalue weighted by Gasteiger charge is 2.26. The van der Waals surface area contributed by atoms with Crippen LogP contribution in [0.5, 0.6) is 0 Å². The van der Waals surface area contributed by atoms with Gasteiger partial charge in [0.05, 0.1) is 22.3 Å². The summed E-state index contributed by atoms with van der Waals surface area (Å²) in [6.07, 6.45) is 1.08. The molecule has 2 aromatic carbocycles. The fraction of sp³-hybridized carbons (Fsp3) is 0.0625. The van der Waals surface area contributed by atoms with Crippen molar-refractivity contribution >= 4 is 26.6 Å². The van der Waals surface area contributed by atoms with E-state index < -0.39 is 16.2 Å². The smallest absolute Gasteiger partial charge is 0.238 e. The fourth-order valence-corrected chi connectivity index (χ4v) is 3.85. The van der Waals surface area contributed by atoms with Crippen LogP contribution in [0.15, 0.2) is 53.6 Å². The molecule has 9 nitrogen and oxygen atoms in total. The molecule has 134 valence electrons. The average Bonchev–Trinajstić information content (AvgIpc) is 3.14. The van der Waals surface area contributed by atoms with Gasteiger partial charge in [0.2, 0.25) is 10.0 Å². The molecule has 4 rings (SSSR count). The number of pyridine rings is 1. The number of benzene rings is 2. The molecule has 1 saturated heterocycles. The van der Waals surface area contributed by atoms with Crippen LogP contribution >= 0.6 is 0 Å². The van der Waals surface area contributed by atoms with E-state index in [2.05, 4.69) is 26.9 Å². The summed E-state index contributed by atoms with van der Waals surface area (Å²) >= 11 is 0. The second kappa shape index (κ2) is 6.29. The predicted octanol–water partition coefficient (Wildman–Crippen LogP) is 0.247. The SMILES string of the molecule is Nc1cnc2cc(-c3cccc(S(N)(=O)=O)c3C3NNNN3)ccc2c1. The molecule has 0 bridgehead atoms. The Labute approximate surface area is 149 Å². The summed E-state index contributed by atoms with van der Waals surface area (Å²) in [7, 11) is -3.92. The van der Waals surface area contributed by atoms with Crippen molar-refractivity contribution in [3.63, 3.8) is 0 Å². The Balaban J connectivity index is 1.95. The van der Waals surface area contributed by atoms with Crippen molar-refractivity contribution in [1.29, 1.82) is 0 Å². The highest BCUT2D eigenvalue weighted by molar-refractivity contribution is 7.89. The first-order valence-electron chi connectivity index (χ1n) is 7.76. The zero-order chi connectivity index (χ0) is 18.3. The summed E-state index contributed by atoms with van der Waals surface area (Å²) in [6, 6.07) is 12.5. The number of hydrogen-bond donors (Lipinski definition) is 6. The van der Waals surface area contributed by atoms with E-state index in [1.165, 1.54) is 6.07 Å². The summed E-state index contributed by atoms with van der Waals surface area (Å²) < 4.78 is 24.2. The molecule has 0 aliphatic carbocycles. The molecule has 8 N–H and O–H groups in total. The van der Waals surface area contributed by atoms with Crippen LogP contribution in [0.3, 0.4) is 0 Å². The van der Waals surface area contributed by atoms with Crippen molar-refractivity contribution in [3.05, 3.63) is 54.2 Å². The Hall–Kier alpha value is -2.60. The molecule has 0 radical (unpaired) electrons. The largest absolute Gasteiger partial charge is 0.397 e. The maximum absolute atomic E-state index is 12.1. The number of hydrazine groups is 3. The van der Waals surface area contributed by atoms with E-state index in [1.807, 2.05) is 30.3 Å². The number of hydrogen-bond acceptors (Lipinski definition) is 8. The van der Waals surface area contributed by atoms with Crippen molar-refractivity contribution in [1.82, 2.24) is 26.9 Å². The summed E-state index contributed by atoms with van der Waals surface area (Å²) in [5.41, 5.74) is 20.4. The van der Waals surface area contributed by atoms with E-state index in [0.29, 0.717) is 16.8 Å². The van der Waals surface area contributed by atoms with E-state index in [4.69, 9.17) is 10.9 Å². The number of rotatable bonds is 3. The highest BCUT2D eigenvalue weighted by atomic mass is 32.2. The molecule has 0 spiro atoms. The third kappa shape index (κ3) is 3.01. The van der Waals surface area contributed by atoms with E-state index in [-0.39, 0.29) is 4.90 Å². The van der Waals surface area contributed by atoms with Crippen LogP contribution in [-0.2, 0) is 10.0 Å². The van der Waals surface area contributed by atoms with Crippen LogP contribution in [0.1, 0.15) is 11.7 Å². The zero-order valence-corrected chi connectivity index (χ0v) is 14.3. The molecule has 0 atom stereocenters. The first kappa shape index (κ1) is 16.8. The number of nitrogens with zero attached hydrogens (tertiary/aromatic N) is 1. The van der Waals surface area contributed by atoms with Gasteiger partial charge < -0.3 is 5.73 Å². The molecule has 26 heavy (non-hydrogen) atoms. The van der Waals surface area contributed by atoms with E-state index in [0.717, 1.165) is 16.5 Å². The third-order valence-corrected chi connectivity index (χ3v) is 5.14. The molecule has 1 aliphatic rings. The van der Waals surface area contributed by atoms with Crippen molar-refractivity contribution in [2.24, 2.45) is 5.14 Å². The minimum absolute atomic E-state index is 0.0378. The van der Waals surface area contributed by atoms with Crippen molar-refractivity contribution < 1.29 is 8.42 Å². The maximum atomic E-state index is 12.1. The van der Waals surface area contributed by atoms with Crippen LogP contribution in [0.25, 0.3) is 22.0 Å². The number of sulfonamides is 1. The summed E-state index contributed by atoms with van der Waals surface area (Å²) in [5, 5.41) is 6.33. The number of fused-ring (bicyclic) bond motifs is 1. The quantitative estimate of drug-likeness (QED) is 0.384. The Bertz CT molecular complexity index is 1090. The van der Waals surface area contributed by atoms with E-state index in [1.54, 1.807) is 12.3 Å². The molecule has 1 aromatic heterocycles. The average molecular weight is 371 g/mol. The Morgan fingerprint density at radius 2 is 1.81 bits per heavy atom. The molecule has 0 unspecified atom stereocenters. The lowest BCUT2D eigenvalue weighted by Gasteiger charge is -2.19. The highest BCUT2D eigenvalue weighted by Crippen LogP contribution is 2.33. The second-order valence-electron chi connectivity index (χ2n) is 5.91. The first-order valence-corrected chi connectivity index (χ1v) is 9.30. The number of primary sulfonamides is 1. The maximum Gasteiger partial charge on any atom is 0.238 e. The van der Waals surface area contributed by atoms with Gasteiger partial charge in [-0.15, -0.1) is 0 Å². The van der Waals surface area contributed by atoms with E-state index >= 15 is 0 Å². The van der Waals surface area contributed by atoms with Crippen molar-refractivity contribution in [3.8, 4) is 11.1 Å². The molecular formula is C16H17N7O2S. The van der Waals surface area contributed by atoms with Crippen molar-refractivity contribution in [2.45, 2.75) is 11.1 Å². The monoisotopic (exact) mass is 371 g/mol. The molecular weight excluding hydrogens is 354 g/mol. The lowest BCUT2D eigenvalue weighted by Crippen LogP contribution is -2.33. The topological polar surface area (TPSA) is 147 Å². The molecule has 1 fully saturated rings. The molecule has 10 heteroatoms. The van der Waals surface area contributed by atoms with Crippen LogP contribution < -0.4 is 32.8 Å². The molecule has 0 amide bonds. The minimum Gasteiger partial charge on any atom is -0.397 e. The van der Waals surface area contributed by atoms with Crippen LogP contribution in [0, 0.1) is 0 Å². The van der Waals surface area contributed by atoms with Gasteiger partial charge in [-0.2, -0.15) is 11.1 Å². The lowest BCUT2D eigenvalue weighted by atomic mass is 9.97.